The molecule has 0 aliphatic heterocycles. The zero-order valence-corrected chi connectivity index (χ0v) is 16.7. The van der Waals surface area contributed by atoms with Crippen LogP contribution < -0.4 is 5.73 Å². The van der Waals surface area contributed by atoms with Gasteiger partial charge in [-0.25, -0.2) is 24.3 Å². The third-order valence-corrected chi connectivity index (χ3v) is 2.02. The van der Waals surface area contributed by atoms with Crippen molar-refractivity contribution in [1.29, 1.82) is 0 Å². The van der Waals surface area contributed by atoms with Crippen LogP contribution >= 0.6 is 32.3 Å². The van der Waals surface area contributed by atoms with Crippen molar-refractivity contribution in [1.82, 2.24) is 0 Å². The van der Waals surface area contributed by atoms with E-state index in [2.05, 4.69) is 32.3 Å². The minimum absolute atomic E-state index is 0. The number of rotatable bonds is 2. The number of thiol groups is 1. The first kappa shape index (κ1) is 26.0. The van der Waals surface area contributed by atoms with Gasteiger partial charge in [0.15, 0.2) is 0 Å². The molecule has 0 unspecified atom stereocenters. The second-order valence-corrected chi connectivity index (χ2v) is 7.04. The average Bonchev–Trinajstić information content (AvgIpc) is 3.15. The quantitative estimate of drug-likeness (QED) is 0.359. The Morgan fingerprint density at radius 3 is 1.48 bits per heavy atom. The summed E-state index contributed by atoms with van der Waals surface area (Å²) in [5.41, 5.74) is 4.94. The van der Waals surface area contributed by atoms with Gasteiger partial charge in [-0.05, 0) is 0 Å². The summed E-state index contributed by atoms with van der Waals surface area (Å²) >= 11 is 3.29. The van der Waals surface area contributed by atoms with E-state index in [0.717, 1.165) is 0 Å². The van der Waals surface area contributed by atoms with E-state index in [-0.39, 0.29) is 37.7 Å². The molecule has 1 atom stereocenters. The fraction of sp³-hybridized carbons (Fsp3) is 0.154. The molecule has 8 heteroatoms. The van der Waals surface area contributed by atoms with E-state index in [1.54, 1.807) is 0 Å². The first-order valence-corrected chi connectivity index (χ1v) is 11.7. The van der Waals surface area contributed by atoms with Crippen LogP contribution in [0.3, 0.4) is 0 Å². The number of carbonyl (C=O) groups is 1. The van der Waals surface area contributed by atoms with E-state index in [1.165, 1.54) is 0 Å². The van der Waals surface area contributed by atoms with Gasteiger partial charge in [0.25, 0.3) is 0 Å². The summed E-state index contributed by atoms with van der Waals surface area (Å²) < 4.78 is 0. The average molecular weight is 467 g/mol. The van der Waals surface area contributed by atoms with Gasteiger partial charge in [0.1, 0.15) is 6.04 Å². The van der Waals surface area contributed by atoms with E-state index >= 15 is 0 Å². The predicted octanol–water partition coefficient (Wildman–Crippen LogP) is 3.43. The SMILES string of the molecule is N[C@@H](CS)C(=O)O.[Fe+2].[S]=[Mo]=[S].c1cc[cH-]c1.c1cc[cH-]c1. The largest absolute Gasteiger partial charge is 0.214 e. The monoisotopic (exact) mass is 469 g/mol. The fourth-order valence-corrected chi connectivity index (χ4v) is 0.876. The maximum absolute atomic E-state index is 9.76. The molecular formula is C13H17FeMoNO2S3. The zero-order chi connectivity index (χ0) is 15.6. The van der Waals surface area contributed by atoms with Gasteiger partial charge in [-0.15, -0.1) is 0 Å². The summed E-state index contributed by atoms with van der Waals surface area (Å²) in [5, 5.41) is 8.01. The molecule has 2 rings (SSSR count). The van der Waals surface area contributed by atoms with Crippen molar-refractivity contribution >= 4 is 38.2 Å². The Hall–Kier alpha value is 0.128. The molecule has 3 nitrogen and oxygen atoms in total. The van der Waals surface area contributed by atoms with Crippen LogP contribution in [0.15, 0.2) is 60.7 Å². The van der Waals surface area contributed by atoms with Gasteiger partial charge in [-0.3, -0.25) is 4.79 Å². The van der Waals surface area contributed by atoms with Crippen LogP contribution in [0.25, 0.3) is 0 Å². The molecule has 0 aliphatic rings. The molecule has 0 saturated heterocycles. The summed E-state index contributed by atoms with van der Waals surface area (Å²) in [5.74, 6) is -0.815. The first-order chi connectivity index (χ1) is 9.59. The minimum Gasteiger partial charge on any atom is -0.214 e. The Bertz CT molecular complexity index is 372. The van der Waals surface area contributed by atoms with Gasteiger partial charge in [0, 0.05) is 5.75 Å². The third kappa shape index (κ3) is 25.4. The summed E-state index contributed by atoms with van der Waals surface area (Å²) in [4.78, 5) is 9.76. The Labute approximate surface area is 157 Å². The molecular weight excluding hydrogens is 450 g/mol. The Kier molecular flexibility index (Phi) is 27.8. The van der Waals surface area contributed by atoms with Crippen LogP contribution in [0.4, 0.5) is 0 Å². The summed E-state index contributed by atoms with van der Waals surface area (Å²) in [7, 11) is 8.68. The van der Waals surface area contributed by atoms with Crippen LogP contribution in [-0.2, 0) is 36.8 Å². The molecule has 0 amide bonds. The van der Waals surface area contributed by atoms with Crippen molar-refractivity contribution in [2.45, 2.75) is 6.04 Å². The Balaban J connectivity index is -0.000000210. The van der Waals surface area contributed by atoms with E-state index in [9.17, 15) is 4.79 Å². The van der Waals surface area contributed by atoms with Crippen LogP contribution in [-0.4, -0.2) is 22.9 Å². The molecule has 0 radical (unpaired) electrons. The van der Waals surface area contributed by atoms with E-state index < -0.39 is 12.0 Å². The molecule has 0 bridgehead atoms. The van der Waals surface area contributed by atoms with Crippen molar-refractivity contribution in [2.24, 2.45) is 5.73 Å². The van der Waals surface area contributed by atoms with Crippen molar-refractivity contribution < 1.29 is 41.9 Å². The van der Waals surface area contributed by atoms with Crippen LogP contribution in [0, 0.1) is 0 Å². The number of hydrogen-bond donors (Lipinski definition) is 3. The second-order valence-electron chi connectivity index (χ2n) is 3.12. The van der Waals surface area contributed by atoms with E-state index in [1.807, 2.05) is 60.7 Å². The normalized spacial score (nSPS) is 8.86. The molecule has 2 aromatic rings. The maximum atomic E-state index is 9.76. The number of hydrogen-bond acceptors (Lipinski definition) is 5. The van der Waals surface area contributed by atoms with Gasteiger partial charge < -0.3 is 10.8 Å². The van der Waals surface area contributed by atoms with Crippen molar-refractivity contribution in [3.8, 4) is 0 Å². The third-order valence-electron chi connectivity index (χ3n) is 1.63. The molecule has 3 N–H and O–H groups in total. The van der Waals surface area contributed by atoms with Gasteiger partial charge in [0.05, 0.1) is 0 Å². The molecule has 0 aliphatic carbocycles. The smallest absolute Gasteiger partial charge is 0.172 e. The maximum Gasteiger partial charge on any atom is -0.172 e. The number of carboxylic acids is 1. The first-order valence-electron chi connectivity index (χ1n) is 5.44. The number of aliphatic carboxylic acids is 1. The predicted molar refractivity (Wildman–Crippen MR) is 88.7 cm³/mol. The summed E-state index contributed by atoms with van der Waals surface area (Å²) in [6, 6.07) is 19.2. The molecule has 0 heterocycles. The van der Waals surface area contributed by atoms with E-state index in [0.29, 0.717) is 0 Å². The molecule has 2 aromatic carbocycles. The van der Waals surface area contributed by atoms with Crippen LogP contribution in [0.1, 0.15) is 0 Å². The zero-order valence-electron chi connectivity index (χ0n) is 11.0. The van der Waals surface area contributed by atoms with Crippen molar-refractivity contribution in [3.63, 3.8) is 0 Å². The number of nitrogens with two attached hydrogens (primary N) is 1. The topological polar surface area (TPSA) is 63.3 Å². The van der Waals surface area contributed by atoms with Gasteiger partial charge in [-0.1, -0.05) is 0 Å². The Morgan fingerprint density at radius 1 is 1.14 bits per heavy atom. The van der Waals surface area contributed by atoms with Crippen LogP contribution in [0.2, 0.25) is 0 Å². The Morgan fingerprint density at radius 2 is 1.43 bits per heavy atom. The molecule has 118 valence electrons. The minimum atomic E-state index is -1.00. The van der Waals surface area contributed by atoms with Crippen molar-refractivity contribution in [3.05, 3.63) is 60.7 Å². The van der Waals surface area contributed by atoms with E-state index in [4.69, 9.17) is 10.8 Å². The molecule has 0 aromatic heterocycles. The van der Waals surface area contributed by atoms with Gasteiger partial charge in [0.2, 0.25) is 0 Å². The fourth-order valence-electron chi connectivity index (χ4n) is 0.720. The summed E-state index contributed by atoms with van der Waals surface area (Å²) in [6.45, 7) is 0. The standard InChI is InChI=1S/2C5H5.C3H7NO2S.Fe.Mo.2S/c2*1-2-4-5-3-1;4-2(1-7)3(5)6;;;;/h2*1-5H;2,7H,1,4H2,(H,5,6);;;;/q2*-1;;+2;;;/t;;2-;;;;/m..0..../s1. The molecule has 0 saturated carbocycles. The second kappa shape index (κ2) is 22.4. The molecule has 21 heavy (non-hydrogen) atoms. The van der Waals surface area contributed by atoms with Crippen molar-refractivity contribution in [2.75, 3.05) is 5.75 Å². The number of carboxylic acid groups (broad SMARTS) is 1. The van der Waals surface area contributed by atoms with Gasteiger partial charge >= 0.3 is 57.6 Å². The summed E-state index contributed by atoms with van der Waals surface area (Å²) in [6.07, 6.45) is 0. The molecule has 0 spiro atoms. The van der Waals surface area contributed by atoms with Gasteiger partial charge in [-0.2, -0.15) is 49.0 Å². The molecule has 0 fully saturated rings. The van der Waals surface area contributed by atoms with Crippen LogP contribution in [0.5, 0.6) is 0 Å².